The highest BCUT2D eigenvalue weighted by Gasteiger charge is 2.10. The molecule has 19 heavy (non-hydrogen) atoms. The molecule has 3 aromatic rings. The van der Waals surface area contributed by atoms with E-state index in [0.29, 0.717) is 5.95 Å². The second-order valence-corrected chi connectivity index (χ2v) is 7.14. The molecule has 0 spiro atoms. The Hall–Kier alpha value is -1.18. The van der Waals surface area contributed by atoms with Gasteiger partial charge < -0.3 is 11.1 Å². The summed E-state index contributed by atoms with van der Waals surface area (Å²) in [5.41, 5.74) is 5.75. The molecule has 4 nitrogen and oxygen atoms in total. The number of hydrogen-bond acceptors (Lipinski definition) is 6. The van der Waals surface area contributed by atoms with Crippen molar-refractivity contribution in [2.24, 2.45) is 0 Å². The maximum atomic E-state index is 5.75. The number of rotatable bonds is 3. The maximum absolute atomic E-state index is 5.75. The smallest absolute Gasteiger partial charge is 0.223 e. The van der Waals surface area contributed by atoms with Crippen LogP contribution in [-0.2, 0) is 6.54 Å². The van der Waals surface area contributed by atoms with Gasteiger partial charge in [0.25, 0.3) is 0 Å². The molecule has 3 N–H and O–H groups in total. The number of anilines is 2. The first-order chi connectivity index (χ1) is 9.13. The highest BCUT2D eigenvalue weighted by atomic mass is 79.9. The summed E-state index contributed by atoms with van der Waals surface area (Å²) < 4.78 is 1.12. The molecule has 0 bridgehead atoms. The number of hydrogen-bond donors (Lipinski definition) is 2. The molecule has 0 fully saturated rings. The summed E-state index contributed by atoms with van der Waals surface area (Å²) in [4.78, 5) is 11.9. The van der Waals surface area contributed by atoms with Gasteiger partial charge >= 0.3 is 0 Å². The van der Waals surface area contributed by atoms with Crippen LogP contribution in [-0.4, -0.2) is 9.97 Å². The zero-order valence-corrected chi connectivity index (χ0v) is 13.3. The first-order valence-electron chi connectivity index (χ1n) is 5.63. The minimum atomic E-state index is 0.307. The predicted octanol–water partition coefficient (Wildman–Crippen LogP) is 4.02. The van der Waals surface area contributed by atoms with Gasteiger partial charge in [-0.3, -0.25) is 0 Å². The van der Waals surface area contributed by atoms with Crippen LogP contribution in [0.5, 0.6) is 0 Å². The van der Waals surface area contributed by atoms with Crippen molar-refractivity contribution >= 4 is 60.6 Å². The van der Waals surface area contributed by atoms with E-state index in [1.807, 2.05) is 6.07 Å². The largest absolute Gasteiger partial charge is 0.368 e. The van der Waals surface area contributed by atoms with E-state index in [-0.39, 0.29) is 0 Å². The standard InChI is InChI=1S/C12H11BrN4S2/c1-6-4-7-10(16-12(14)17-11(7)19-6)15-5-9-8(13)2-3-18-9/h2-4H,5H2,1H3,(H3,14,15,16,17). The molecule has 0 unspecified atom stereocenters. The second-order valence-electron chi connectivity index (χ2n) is 4.05. The lowest BCUT2D eigenvalue weighted by atomic mass is 10.3. The van der Waals surface area contributed by atoms with Crippen molar-refractivity contribution in [1.82, 2.24) is 9.97 Å². The van der Waals surface area contributed by atoms with Crippen LogP contribution in [0.3, 0.4) is 0 Å². The topological polar surface area (TPSA) is 63.8 Å². The third-order valence-corrected chi connectivity index (χ3v) is 5.51. The summed E-state index contributed by atoms with van der Waals surface area (Å²) in [7, 11) is 0. The summed E-state index contributed by atoms with van der Waals surface area (Å²) in [5, 5.41) is 6.43. The SMILES string of the molecule is Cc1cc2c(NCc3sccc3Br)nc(N)nc2s1. The summed E-state index contributed by atoms with van der Waals surface area (Å²) in [6.45, 7) is 2.78. The van der Waals surface area contributed by atoms with E-state index in [1.54, 1.807) is 22.7 Å². The summed E-state index contributed by atoms with van der Waals surface area (Å²) >= 11 is 6.85. The Labute approximate surface area is 126 Å². The van der Waals surface area contributed by atoms with Crippen LogP contribution in [0, 0.1) is 6.92 Å². The Bertz CT molecular complexity index is 734. The molecule has 0 aromatic carbocycles. The quantitative estimate of drug-likeness (QED) is 0.745. The molecule has 0 saturated heterocycles. The fourth-order valence-corrected chi connectivity index (χ4v) is 4.13. The van der Waals surface area contributed by atoms with Gasteiger partial charge in [-0.05, 0) is 40.4 Å². The van der Waals surface area contributed by atoms with Gasteiger partial charge in [0.1, 0.15) is 10.6 Å². The minimum Gasteiger partial charge on any atom is -0.368 e. The van der Waals surface area contributed by atoms with Crippen LogP contribution >= 0.6 is 38.6 Å². The van der Waals surface area contributed by atoms with Gasteiger partial charge in [-0.25, -0.2) is 4.98 Å². The molecule has 0 atom stereocenters. The number of nitrogens with two attached hydrogens (primary N) is 1. The maximum Gasteiger partial charge on any atom is 0.223 e. The van der Waals surface area contributed by atoms with Crippen molar-refractivity contribution in [2.75, 3.05) is 11.1 Å². The molecule has 0 aliphatic rings. The zero-order valence-electron chi connectivity index (χ0n) is 10.1. The molecule has 0 aliphatic carbocycles. The second kappa shape index (κ2) is 5.07. The molecular formula is C12H11BrN4S2. The van der Waals surface area contributed by atoms with E-state index in [1.165, 1.54) is 9.75 Å². The fourth-order valence-electron chi connectivity index (χ4n) is 1.81. The minimum absolute atomic E-state index is 0.307. The van der Waals surface area contributed by atoms with Gasteiger partial charge in [0.15, 0.2) is 0 Å². The van der Waals surface area contributed by atoms with Gasteiger partial charge in [0.2, 0.25) is 5.95 Å². The summed E-state index contributed by atoms with van der Waals surface area (Å²) in [6.07, 6.45) is 0. The van der Waals surface area contributed by atoms with Crippen LogP contribution in [0.2, 0.25) is 0 Å². The molecule has 7 heteroatoms. The van der Waals surface area contributed by atoms with Gasteiger partial charge in [0, 0.05) is 14.2 Å². The van der Waals surface area contributed by atoms with Gasteiger partial charge in [-0.15, -0.1) is 22.7 Å². The Balaban J connectivity index is 1.94. The third kappa shape index (κ3) is 2.58. The van der Waals surface area contributed by atoms with Crippen LogP contribution in [0.15, 0.2) is 22.0 Å². The van der Waals surface area contributed by atoms with E-state index in [0.717, 1.165) is 27.1 Å². The first-order valence-corrected chi connectivity index (χ1v) is 8.12. The number of aromatic nitrogens is 2. The number of nitrogen functional groups attached to an aromatic ring is 1. The van der Waals surface area contributed by atoms with Crippen molar-refractivity contribution in [1.29, 1.82) is 0 Å². The predicted molar refractivity (Wildman–Crippen MR) is 85.9 cm³/mol. The number of nitrogens with zero attached hydrogens (tertiary/aromatic N) is 2. The molecule has 0 radical (unpaired) electrons. The van der Waals surface area contributed by atoms with E-state index in [9.17, 15) is 0 Å². The molecule has 3 rings (SSSR count). The lowest BCUT2D eigenvalue weighted by Gasteiger charge is -2.06. The highest BCUT2D eigenvalue weighted by molar-refractivity contribution is 9.10. The normalized spacial score (nSPS) is 11.1. The molecule has 0 amide bonds. The van der Waals surface area contributed by atoms with E-state index >= 15 is 0 Å². The number of fused-ring (bicyclic) bond motifs is 1. The Morgan fingerprint density at radius 1 is 1.42 bits per heavy atom. The van der Waals surface area contributed by atoms with E-state index in [2.05, 4.69) is 49.6 Å². The van der Waals surface area contributed by atoms with Crippen molar-refractivity contribution in [2.45, 2.75) is 13.5 Å². The Kier molecular flexibility index (Phi) is 3.42. The lowest BCUT2D eigenvalue weighted by molar-refractivity contribution is 1.13. The van der Waals surface area contributed by atoms with Crippen LogP contribution in [0.25, 0.3) is 10.2 Å². The number of thiophene rings is 2. The highest BCUT2D eigenvalue weighted by Crippen LogP contribution is 2.30. The Morgan fingerprint density at radius 3 is 3.00 bits per heavy atom. The zero-order chi connectivity index (χ0) is 13.4. The lowest BCUT2D eigenvalue weighted by Crippen LogP contribution is -2.04. The Morgan fingerprint density at radius 2 is 2.26 bits per heavy atom. The van der Waals surface area contributed by atoms with Crippen molar-refractivity contribution in [3.63, 3.8) is 0 Å². The van der Waals surface area contributed by atoms with Crippen molar-refractivity contribution < 1.29 is 0 Å². The molecule has 3 aromatic heterocycles. The first kappa shape index (κ1) is 12.8. The average molecular weight is 355 g/mol. The fraction of sp³-hybridized carbons (Fsp3) is 0.167. The number of nitrogens with one attached hydrogen (secondary N) is 1. The monoisotopic (exact) mass is 354 g/mol. The van der Waals surface area contributed by atoms with E-state index in [4.69, 9.17) is 5.73 Å². The van der Waals surface area contributed by atoms with Crippen molar-refractivity contribution in [3.8, 4) is 0 Å². The number of aryl methyl sites for hydroxylation is 1. The molecule has 0 saturated carbocycles. The average Bonchev–Trinajstić information content (AvgIpc) is 2.91. The molecule has 98 valence electrons. The summed E-state index contributed by atoms with van der Waals surface area (Å²) in [5.74, 6) is 1.11. The van der Waals surface area contributed by atoms with E-state index < -0.39 is 0 Å². The number of halogens is 1. The molecular weight excluding hydrogens is 344 g/mol. The van der Waals surface area contributed by atoms with Gasteiger partial charge in [0.05, 0.1) is 11.9 Å². The van der Waals surface area contributed by atoms with Crippen molar-refractivity contribution in [3.05, 3.63) is 31.7 Å². The third-order valence-electron chi connectivity index (χ3n) is 2.64. The van der Waals surface area contributed by atoms with Crippen LogP contribution < -0.4 is 11.1 Å². The van der Waals surface area contributed by atoms with Crippen LogP contribution in [0.1, 0.15) is 9.75 Å². The molecule has 0 aliphatic heterocycles. The molecule has 3 heterocycles. The van der Waals surface area contributed by atoms with Gasteiger partial charge in [-0.2, -0.15) is 4.98 Å². The van der Waals surface area contributed by atoms with Gasteiger partial charge in [-0.1, -0.05) is 0 Å². The van der Waals surface area contributed by atoms with Crippen LogP contribution in [0.4, 0.5) is 11.8 Å². The summed E-state index contributed by atoms with van der Waals surface area (Å²) in [6, 6.07) is 4.13.